The Kier molecular flexibility index (Phi) is 4.65. The van der Waals surface area contributed by atoms with E-state index in [2.05, 4.69) is 22.2 Å². The molecule has 0 saturated carbocycles. The lowest BCUT2D eigenvalue weighted by atomic mass is 10.1. The Morgan fingerprint density at radius 2 is 1.89 bits per heavy atom. The lowest BCUT2D eigenvalue weighted by Gasteiger charge is -2.30. The highest BCUT2D eigenvalue weighted by atomic mass is 32.2. The van der Waals surface area contributed by atoms with Crippen LogP contribution in [0, 0.1) is 5.82 Å². The molecule has 0 amide bonds. The van der Waals surface area contributed by atoms with E-state index < -0.39 is 15.7 Å². The molecule has 0 aliphatic carbocycles. The molecule has 2 aromatic carbocycles. The summed E-state index contributed by atoms with van der Waals surface area (Å²) in [5, 5.41) is 4.05. The summed E-state index contributed by atoms with van der Waals surface area (Å²) in [7, 11) is -1.61. The van der Waals surface area contributed by atoms with Gasteiger partial charge in [0.15, 0.2) is 0 Å². The van der Waals surface area contributed by atoms with Crippen LogP contribution in [0.5, 0.6) is 0 Å². The molecule has 0 unspecified atom stereocenters. The van der Waals surface area contributed by atoms with Crippen LogP contribution in [-0.4, -0.2) is 44.5 Å². The average Bonchev–Trinajstić information content (AvgIpc) is 3.08. The highest BCUT2D eigenvalue weighted by Gasteiger charge is 2.22. The van der Waals surface area contributed by atoms with E-state index in [4.69, 9.17) is 0 Å². The molecule has 3 aromatic rings. The Hall–Kier alpha value is -2.38. The van der Waals surface area contributed by atoms with Crippen LogP contribution >= 0.6 is 0 Å². The van der Waals surface area contributed by atoms with Crippen molar-refractivity contribution in [1.29, 1.82) is 0 Å². The number of H-pyrrole nitrogens is 1. The number of anilines is 1. The van der Waals surface area contributed by atoms with Crippen LogP contribution in [0.3, 0.4) is 0 Å². The van der Waals surface area contributed by atoms with E-state index in [0.717, 1.165) is 31.6 Å². The van der Waals surface area contributed by atoms with Crippen LogP contribution in [0.1, 0.15) is 12.8 Å². The highest BCUT2D eigenvalue weighted by Crippen LogP contribution is 2.27. The van der Waals surface area contributed by atoms with Crippen molar-refractivity contribution >= 4 is 26.4 Å². The van der Waals surface area contributed by atoms with Crippen LogP contribution in [0.2, 0.25) is 0 Å². The number of fused-ring (bicyclic) bond motifs is 1. The SMILES string of the molecule is CN1CCC(Nc2cccc(S(=O)(=O)c3cc4cc(F)ccc4[nH]3)c2)CC1. The van der Waals surface area contributed by atoms with E-state index >= 15 is 0 Å². The van der Waals surface area contributed by atoms with Gasteiger partial charge in [-0.3, -0.25) is 0 Å². The number of nitrogens with zero attached hydrogens (tertiary/aromatic N) is 1. The van der Waals surface area contributed by atoms with Gasteiger partial charge in [0.1, 0.15) is 10.8 Å². The minimum atomic E-state index is -3.71. The van der Waals surface area contributed by atoms with Gasteiger partial charge in [0.25, 0.3) is 0 Å². The van der Waals surface area contributed by atoms with Gasteiger partial charge in [-0.05, 0) is 75.4 Å². The fraction of sp³-hybridized carbons (Fsp3) is 0.300. The van der Waals surface area contributed by atoms with Crippen LogP contribution < -0.4 is 5.32 Å². The second kappa shape index (κ2) is 6.98. The summed E-state index contributed by atoms with van der Waals surface area (Å²) in [5.41, 5.74) is 1.39. The summed E-state index contributed by atoms with van der Waals surface area (Å²) in [6, 6.07) is 12.9. The second-order valence-electron chi connectivity index (χ2n) is 7.12. The third-order valence-corrected chi connectivity index (χ3v) is 6.75. The smallest absolute Gasteiger partial charge is 0.221 e. The quantitative estimate of drug-likeness (QED) is 0.717. The fourth-order valence-electron chi connectivity index (χ4n) is 3.49. The number of likely N-dealkylation sites (tertiary alicyclic amines) is 1. The van der Waals surface area contributed by atoms with Gasteiger partial charge in [-0.25, -0.2) is 12.8 Å². The number of benzene rings is 2. The van der Waals surface area contributed by atoms with E-state index in [-0.39, 0.29) is 9.92 Å². The van der Waals surface area contributed by atoms with Gasteiger partial charge >= 0.3 is 0 Å². The van der Waals surface area contributed by atoms with Gasteiger partial charge in [-0.2, -0.15) is 0 Å². The van der Waals surface area contributed by atoms with E-state index in [1.54, 1.807) is 24.3 Å². The third kappa shape index (κ3) is 3.70. The first-order chi connectivity index (χ1) is 12.9. The van der Waals surface area contributed by atoms with Crippen LogP contribution in [0.4, 0.5) is 10.1 Å². The third-order valence-electron chi connectivity index (χ3n) is 5.08. The van der Waals surface area contributed by atoms with Gasteiger partial charge in [-0.15, -0.1) is 0 Å². The van der Waals surface area contributed by atoms with Crippen molar-refractivity contribution in [3.05, 3.63) is 54.3 Å². The molecule has 0 bridgehead atoms. The van der Waals surface area contributed by atoms with Crippen molar-refractivity contribution in [2.45, 2.75) is 28.8 Å². The maximum absolute atomic E-state index is 13.4. The maximum atomic E-state index is 13.4. The highest BCUT2D eigenvalue weighted by molar-refractivity contribution is 7.91. The minimum absolute atomic E-state index is 0.0690. The molecular weight excluding hydrogens is 365 g/mol. The summed E-state index contributed by atoms with van der Waals surface area (Å²) >= 11 is 0. The molecule has 1 saturated heterocycles. The number of nitrogens with one attached hydrogen (secondary N) is 2. The van der Waals surface area contributed by atoms with Gasteiger partial charge < -0.3 is 15.2 Å². The molecule has 1 aliphatic heterocycles. The molecule has 0 spiro atoms. The number of halogens is 1. The Bertz CT molecular complexity index is 1070. The van der Waals surface area contributed by atoms with E-state index in [1.807, 2.05) is 6.07 Å². The molecule has 2 heterocycles. The number of hydrogen-bond acceptors (Lipinski definition) is 4. The lowest BCUT2D eigenvalue weighted by molar-refractivity contribution is 0.264. The second-order valence-corrected chi connectivity index (χ2v) is 9.04. The van der Waals surface area contributed by atoms with Crippen molar-refractivity contribution in [2.24, 2.45) is 0 Å². The summed E-state index contributed by atoms with van der Waals surface area (Å²) in [4.78, 5) is 5.39. The van der Waals surface area contributed by atoms with E-state index in [9.17, 15) is 12.8 Å². The number of hydrogen-bond donors (Lipinski definition) is 2. The van der Waals surface area contributed by atoms with Crippen molar-refractivity contribution in [2.75, 3.05) is 25.5 Å². The molecule has 2 N–H and O–H groups in total. The average molecular weight is 387 g/mol. The number of aromatic amines is 1. The molecule has 5 nitrogen and oxygen atoms in total. The van der Waals surface area contributed by atoms with Crippen molar-refractivity contribution < 1.29 is 12.8 Å². The Morgan fingerprint density at radius 1 is 1.11 bits per heavy atom. The number of rotatable bonds is 4. The normalized spacial score (nSPS) is 16.7. The summed E-state index contributed by atoms with van der Waals surface area (Å²) in [6.45, 7) is 2.06. The van der Waals surface area contributed by atoms with Gasteiger partial charge in [0.05, 0.1) is 4.90 Å². The van der Waals surface area contributed by atoms with Crippen molar-refractivity contribution in [1.82, 2.24) is 9.88 Å². The molecule has 1 aromatic heterocycles. The zero-order chi connectivity index (χ0) is 19.0. The lowest BCUT2D eigenvalue weighted by Crippen LogP contribution is -2.36. The van der Waals surface area contributed by atoms with Gasteiger partial charge in [0, 0.05) is 22.6 Å². The maximum Gasteiger partial charge on any atom is 0.221 e. The fourth-order valence-corrected chi connectivity index (χ4v) is 4.81. The molecule has 7 heteroatoms. The molecule has 0 radical (unpaired) electrons. The molecular formula is C20H22FN3O2S. The monoisotopic (exact) mass is 387 g/mol. The van der Waals surface area contributed by atoms with Crippen LogP contribution in [0.25, 0.3) is 10.9 Å². The standard InChI is InChI=1S/C20H22FN3O2S/c1-24-9-7-16(8-10-24)22-17-3-2-4-18(13-17)27(25,26)20-12-14-11-15(21)5-6-19(14)23-20/h2-6,11-13,16,22-23H,7-10H2,1H3. The summed E-state index contributed by atoms with van der Waals surface area (Å²) < 4.78 is 39.4. The first-order valence-corrected chi connectivity index (χ1v) is 10.5. The van der Waals surface area contributed by atoms with E-state index in [0.29, 0.717) is 16.9 Å². The predicted octanol–water partition coefficient (Wildman–Crippen LogP) is 3.65. The largest absolute Gasteiger partial charge is 0.382 e. The molecule has 1 fully saturated rings. The minimum Gasteiger partial charge on any atom is -0.382 e. The number of sulfone groups is 1. The van der Waals surface area contributed by atoms with Crippen LogP contribution in [0.15, 0.2) is 58.5 Å². The van der Waals surface area contributed by atoms with Gasteiger partial charge in [-0.1, -0.05) is 6.07 Å². The van der Waals surface area contributed by atoms with Crippen LogP contribution in [-0.2, 0) is 9.84 Å². The number of aromatic nitrogens is 1. The van der Waals surface area contributed by atoms with Gasteiger partial charge in [0.2, 0.25) is 9.84 Å². The Labute approximate surface area is 158 Å². The molecule has 142 valence electrons. The zero-order valence-electron chi connectivity index (χ0n) is 15.1. The van der Waals surface area contributed by atoms with Crippen molar-refractivity contribution in [3.8, 4) is 0 Å². The topological polar surface area (TPSA) is 65.2 Å². The summed E-state index contributed by atoms with van der Waals surface area (Å²) in [5.74, 6) is -0.394. The first-order valence-electron chi connectivity index (χ1n) is 9.00. The first kappa shape index (κ1) is 18.0. The van der Waals surface area contributed by atoms with Crippen molar-refractivity contribution in [3.63, 3.8) is 0 Å². The molecule has 4 rings (SSSR count). The number of piperidine rings is 1. The predicted molar refractivity (Wildman–Crippen MR) is 104 cm³/mol. The molecule has 27 heavy (non-hydrogen) atoms. The molecule has 1 aliphatic rings. The zero-order valence-corrected chi connectivity index (χ0v) is 15.9. The van der Waals surface area contributed by atoms with E-state index in [1.165, 1.54) is 18.2 Å². The molecule has 0 atom stereocenters. The Balaban J connectivity index is 1.61. The summed E-state index contributed by atoms with van der Waals surface area (Å²) in [6.07, 6.45) is 2.06. The Morgan fingerprint density at radius 3 is 2.67 bits per heavy atom.